The van der Waals surface area contributed by atoms with Crippen LogP contribution >= 0.6 is 23.2 Å². The molecule has 1 aromatic rings. The van der Waals surface area contributed by atoms with Crippen LogP contribution in [0.15, 0.2) is 18.2 Å². The highest BCUT2D eigenvalue weighted by Gasteiger charge is 2.18. The summed E-state index contributed by atoms with van der Waals surface area (Å²) in [6, 6.07) is 4.07. The molecule has 1 atom stereocenters. The third-order valence-electron chi connectivity index (χ3n) is 2.43. The van der Waals surface area contributed by atoms with Gasteiger partial charge >= 0.3 is 11.8 Å². The smallest absolute Gasteiger partial charge is 0.313 e. The molecule has 0 aliphatic heterocycles. The van der Waals surface area contributed by atoms with Crippen LogP contribution in [0.5, 0.6) is 0 Å². The topological polar surface area (TPSA) is 78.4 Å². The van der Waals surface area contributed by atoms with Gasteiger partial charge in [-0.2, -0.15) is 0 Å². The molecule has 5 nitrogen and oxygen atoms in total. The highest BCUT2D eigenvalue weighted by molar-refractivity contribution is 6.42. The van der Waals surface area contributed by atoms with E-state index in [1.54, 1.807) is 13.0 Å². The number of carbonyl (C=O) groups is 2. The third kappa shape index (κ3) is 4.70. The number of rotatable bonds is 4. The van der Waals surface area contributed by atoms with Gasteiger partial charge in [0.05, 0.1) is 23.4 Å². The quantitative estimate of drug-likeness (QED) is 0.742. The van der Waals surface area contributed by atoms with Gasteiger partial charge in [0.25, 0.3) is 0 Å². The van der Waals surface area contributed by atoms with Crippen molar-refractivity contribution < 1.29 is 14.7 Å². The molecule has 7 heteroatoms. The van der Waals surface area contributed by atoms with Crippen molar-refractivity contribution in [1.29, 1.82) is 0 Å². The fourth-order valence-corrected chi connectivity index (χ4v) is 1.64. The number of nitrogens with one attached hydrogen (secondary N) is 2. The van der Waals surface area contributed by atoms with Crippen molar-refractivity contribution >= 4 is 40.7 Å². The van der Waals surface area contributed by atoms with Gasteiger partial charge < -0.3 is 15.7 Å². The number of halogens is 2. The number of aliphatic hydroxyl groups excluding tert-OH is 1. The van der Waals surface area contributed by atoms with Gasteiger partial charge in [-0.05, 0) is 24.6 Å². The summed E-state index contributed by atoms with van der Waals surface area (Å²) in [5.74, 6) is -1.70. The molecular formula is C12H14Cl2N2O3. The molecule has 19 heavy (non-hydrogen) atoms. The second-order valence-electron chi connectivity index (χ2n) is 3.84. The van der Waals surface area contributed by atoms with Crippen LogP contribution in [-0.4, -0.2) is 29.6 Å². The normalized spacial score (nSPS) is 11.8. The minimum absolute atomic E-state index is 0.229. The fraction of sp³-hybridized carbons (Fsp3) is 0.333. The second-order valence-corrected chi connectivity index (χ2v) is 4.68. The molecule has 0 aliphatic carbocycles. The van der Waals surface area contributed by atoms with E-state index in [4.69, 9.17) is 28.3 Å². The molecular weight excluding hydrogens is 291 g/mol. The van der Waals surface area contributed by atoms with Crippen LogP contribution in [0.2, 0.25) is 10.0 Å². The first-order valence-corrected chi connectivity index (χ1v) is 6.41. The van der Waals surface area contributed by atoms with E-state index in [0.717, 1.165) is 0 Å². The summed E-state index contributed by atoms with van der Waals surface area (Å²) >= 11 is 11.6. The Bertz CT molecular complexity index is 476. The second kappa shape index (κ2) is 7.33. The van der Waals surface area contributed by atoms with E-state index in [-0.39, 0.29) is 17.3 Å². The first kappa shape index (κ1) is 15.8. The molecule has 0 saturated heterocycles. The molecule has 0 aromatic heterocycles. The molecule has 0 fully saturated rings. The summed E-state index contributed by atoms with van der Waals surface area (Å²) in [5.41, 5.74) is 0.256. The van der Waals surface area contributed by atoms with E-state index in [0.29, 0.717) is 11.4 Å². The van der Waals surface area contributed by atoms with Gasteiger partial charge in [-0.15, -0.1) is 0 Å². The predicted molar refractivity (Wildman–Crippen MR) is 74.4 cm³/mol. The molecule has 1 unspecified atom stereocenters. The number of aliphatic hydroxyl groups is 1. The standard InChI is InChI=1S/C12H14Cl2N2O3/c1-2-8(6-17)15-11(18)12(19)16-10-5-7(13)3-4-9(10)14/h3-5,8,17H,2,6H2,1H3,(H,15,18)(H,16,19). The Hall–Kier alpha value is -1.30. The lowest BCUT2D eigenvalue weighted by Crippen LogP contribution is -2.43. The molecule has 0 bridgehead atoms. The van der Waals surface area contributed by atoms with E-state index in [9.17, 15) is 9.59 Å². The van der Waals surface area contributed by atoms with Crippen LogP contribution in [0, 0.1) is 0 Å². The monoisotopic (exact) mass is 304 g/mol. The molecule has 104 valence electrons. The lowest BCUT2D eigenvalue weighted by atomic mass is 10.2. The molecule has 1 aromatic carbocycles. The zero-order valence-electron chi connectivity index (χ0n) is 10.2. The van der Waals surface area contributed by atoms with E-state index in [1.807, 2.05) is 0 Å². The van der Waals surface area contributed by atoms with Crippen LogP contribution in [0.25, 0.3) is 0 Å². The summed E-state index contributed by atoms with van der Waals surface area (Å²) in [4.78, 5) is 23.2. The highest BCUT2D eigenvalue weighted by atomic mass is 35.5. The molecule has 0 radical (unpaired) electrons. The van der Waals surface area contributed by atoms with Crippen LogP contribution < -0.4 is 10.6 Å². The summed E-state index contributed by atoms with van der Waals surface area (Å²) in [7, 11) is 0. The van der Waals surface area contributed by atoms with Crippen molar-refractivity contribution in [3.8, 4) is 0 Å². The maximum absolute atomic E-state index is 11.6. The molecule has 2 amide bonds. The Morgan fingerprint density at radius 3 is 2.58 bits per heavy atom. The van der Waals surface area contributed by atoms with E-state index < -0.39 is 17.9 Å². The van der Waals surface area contributed by atoms with Gasteiger partial charge in [-0.1, -0.05) is 30.1 Å². The Labute approximate surface area is 120 Å². The van der Waals surface area contributed by atoms with Crippen molar-refractivity contribution in [3.63, 3.8) is 0 Å². The number of anilines is 1. The van der Waals surface area contributed by atoms with Gasteiger partial charge in [0.2, 0.25) is 0 Å². The number of amides is 2. The average Bonchev–Trinajstić information content (AvgIpc) is 2.39. The Kier molecular flexibility index (Phi) is 6.08. The Morgan fingerprint density at radius 2 is 2.00 bits per heavy atom. The fourth-order valence-electron chi connectivity index (χ4n) is 1.30. The minimum atomic E-state index is -0.865. The highest BCUT2D eigenvalue weighted by Crippen LogP contribution is 2.25. The first-order chi connectivity index (χ1) is 8.97. The van der Waals surface area contributed by atoms with Crippen molar-refractivity contribution in [2.24, 2.45) is 0 Å². The summed E-state index contributed by atoms with van der Waals surface area (Å²) in [5, 5.41) is 14.4. The SMILES string of the molecule is CCC(CO)NC(=O)C(=O)Nc1cc(Cl)ccc1Cl. The molecule has 3 N–H and O–H groups in total. The van der Waals surface area contributed by atoms with E-state index in [2.05, 4.69) is 10.6 Å². The maximum Gasteiger partial charge on any atom is 0.313 e. The first-order valence-electron chi connectivity index (χ1n) is 5.65. The number of benzene rings is 1. The Morgan fingerprint density at radius 1 is 1.32 bits per heavy atom. The van der Waals surface area contributed by atoms with Crippen molar-refractivity contribution in [2.45, 2.75) is 19.4 Å². The minimum Gasteiger partial charge on any atom is -0.394 e. The maximum atomic E-state index is 11.6. The van der Waals surface area contributed by atoms with Gasteiger partial charge in [0.15, 0.2) is 0 Å². The molecule has 0 saturated carbocycles. The predicted octanol–water partition coefficient (Wildman–Crippen LogP) is 1.82. The van der Waals surface area contributed by atoms with Gasteiger partial charge in [0.1, 0.15) is 0 Å². The summed E-state index contributed by atoms with van der Waals surface area (Å²) in [6.07, 6.45) is 0.521. The number of hydrogen-bond donors (Lipinski definition) is 3. The zero-order chi connectivity index (χ0) is 14.4. The van der Waals surface area contributed by atoms with Crippen molar-refractivity contribution in [2.75, 3.05) is 11.9 Å². The van der Waals surface area contributed by atoms with Crippen molar-refractivity contribution in [3.05, 3.63) is 28.2 Å². The average molecular weight is 305 g/mol. The van der Waals surface area contributed by atoms with E-state index >= 15 is 0 Å². The molecule has 0 aliphatic rings. The lowest BCUT2D eigenvalue weighted by Gasteiger charge is -2.14. The third-order valence-corrected chi connectivity index (χ3v) is 3.00. The summed E-state index contributed by atoms with van der Waals surface area (Å²) < 4.78 is 0. The lowest BCUT2D eigenvalue weighted by molar-refractivity contribution is -0.136. The molecule has 0 heterocycles. The van der Waals surface area contributed by atoms with Crippen LogP contribution in [-0.2, 0) is 9.59 Å². The molecule has 0 spiro atoms. The van der Waals surface area contributed by atoms with Gasteiger partial charge in [0, 0.05) is 5.02 Å². The van der Waals surface area contributed by atoms with Crippen LogP contribution in [0.4, 0.5) is 5.69 Å². The van der Waals surface area contributed by atoms with E-state index in [1.165, 1.54) is 12.1 Å². The number of carbonyl (C=O) groups excluding carboxylic acids is 2. The van der Waals surface area contributed by atoms with Crippen LogP contribution in [0.1, 0.15) is 13.3 Å². The Balaban J connectivity index is 2.69. The van der Waals surface area contributed by atoms with Crippen molar-refractivity contribution in [1.82, 2.24) is 5.32 Å². The summed E-state index contributed by atoms with van der Waals surface area (Å²) in [6.45, 7) is 1.56. The molecule has 1 rings (SSSR count). The zero-order valence-corrected chi connectivity index (χ0v) is 11.8. The van der Waals surface area contributed by atoms with Crippen LogP contribution in [0.3, 0.4) is 0 Å². The van der Waals surface area contributed by atoms with Gasteiger partial charge in [-0.25, -0.2) is 0 Å². The number of hydrogen-bond acceptors (Lipinski definition) is 3. The largest absolute Gasteiger partial charge is 0.394 e. The van der Waals surface area contributed by atoms with Gasteiger partial charge in [-0.3, -0.25) is 9.59 Å².